The summed E-state index contributed by atoms with van der Waals surface area (Å²) >= 11 is 0. The zero-order valence-electron chi connectivity index (χ0n) is 19.9. The Hall–Kier alpha value is -4.40. The minimum Gasteiger partial charge on any atom is -0.354 e. The van der Waals surface area contributed by atoms with Crippen LogP contribution in [0, 0.1) is 0 Å². The Morgan fingerprint density at radius 1 is 0.811 bits per heavy atom. The fourth-order valence-electron chi connectivity index (χ4n) is 4.23. The van der Waals surface area contributed by atoms with Gasteiger partial charge in [0.1, 0.15) is 0 Å². The van der Waals surface area contributed by atoms with Crippen molar-refractivity contribution in [3.8, 4) is 0 Å². The number of para-hydroxylation sites is 1. The van der Waals surface area contributed by atoms with Crippen LogP contribution in [0.25, 0.3) is 11.3 Å². The van der Waals surface area contributed by atoms with Crippen LogP contribution in [-0.2, 0) is 21.2 Å². The van der Waals surface area contributed by atoms with Crippen molar-refractivity contribution in [2.45, 2.75) is 11.3 Å². The van der Waals surface area contributed by atoms with Gasteiger partial charge in [0.25, 0.3) is 15.9 Å². The minimum absolute atomic E-state index is 0.0580. The molecule has 0 aliphatic carbocycles. The van der Waals surface area contributed by atoms with E-state index in [1.54, 1.807) is 30.3 Å². The molecule has 1 aliphatic rings. The molecular weight excluding hydrogens is 484 g/mol. The lowest BCUT2D eigenvalue weighted by Crippen LogP contribution is -2.13. The SMILES string of the molecule is NCCc1ccc(NC(=C2C(=O)Nc3ccc(S(=O)(=O)Nc4ccccc4)cc32)c2ccccc2)cc1. The van der Waals surface area contributed by atoms with Gasteiger partial charge >= 0.3 is 0 Å². The molecule has 0 fully saturated rings. The maximum Gasteiger partial charge on any atom is 0.261 e. The molecule has 0 bridgehead atoms. The first-order valence-electron chi connectivity index (χ1n) is 11.8. The Bertz CT molecular complexity index is 1570. The molecule has 1 heterocycles. The number of anilines is 3. The molecule has 1 aliphatic heterocycles. The van der Waals surface area contributed by atoms with Gasteiger partial charge in [-0.2, -0.15) is 0 Å². The maximum atomic E-state index is 13.2. The van der Waals surface area contributed by atoms with Gasteiger partial charge in [-0.05, 0) is 66.6 Å². The smallest absolute Gasteiger partial charge is 0.261 e. The highest BCUT2D eigenvalue weighted by Crippen LogP contribution is 2.39. The average molecular weight is 511 g/mol. The molecule has 5 N–H and O–H groups in total. The van der Waals surface area contributed by atoms with Crippen LogP contribution >= 0.6 is 0 Å². The molecule has 0 spiro atoms. The predicted molar refractivity (Wildman–Crippen MR) is 148 cm³/mol. The number of benzene rings is 4. The molecule has 0 unspecified atom stereocenters. The highest BCUT2D eigenvalue weighted by molar-refractivity contribution is 7.92. The zero-order chi connectivity index (χ0) is 25.8. The summed E-state index contributed by atoms with van der Waals surface area (Å²) in [6.07, 6.45) is 0.775. The van der Waals surface area contributed by atoms with Gasteiger partial charge in [0.2, 0.25) is 0 Å². The van der Waals surface area contributed by atoms with Crippen LogP contribution in [0.1, 0.15) is 16.7 Å². The molecule has 0 radical (unpaired) electrons. The van der Waals surface area contributed by atoms with Crippen molar-refractivity contribution in [1.29, 1.82) is 0 Å². The summed E-state index contributed by atoms with van der Waals surface area (Å²) in [5.41, 5.74) is 10.8. The minimum atomic E-state index is -3.88. The fourth-order valence-corrected chi connectivity index (χ4v) is 5.32. The van der Waals surface area contributed by atoms with Crippen LogP contribution in [0.15, 0.2) is 108 Å². The summed E-state index contributed by atoms with van der Waals surface area (Å²) in [5.74, 6) is -0.313. The molecular formula is C29H26N4O3S. The first-order valence-corrected chi connectivity index (χ1v) is 13.3. The van der Waals surface area contributed by atoms with Crippen LogP contribution in [0.4, 0.5) is 17.1 Å². The molecule has 186 valence electrons. The van der Waals surface area contributed by atoms with Gasteiger partial charge in [-0.1, -0.05) is 60.7 Å². The summed E-state index contributed by atoms with van der Waals surface area (Å²) in [6, 6.07) is 30.6. The quantitative estimate of drug-likeness (QED) is 0.251. The molecule has 0 aromatic heterocycles. The lowest BCUT2D eigenvalue weighted by Gasteiger charge is -2.15. The lowest BCUT2D eigenvalue weighted by atomic mass is 10.00. The van der Waals surface area contributed by atoms with E-state index in [-0.39, 0.29) is 10.8 Å². The van der Waals surface area contributed by atoms with Gasteiger partial charge in [0.15, 0.2) is 0 Å². The van der Waals surface area contributed by atoms with E-state index < -0.39 is 10.0 Å². The monoisotopic (exact) mass is 510 g/mol. The molecule has 4 aromatic carbocycles. The van der Waals surface area contributed by atoms with Crippen molar-refractivity contribution in [1.82, 2.24) is 0 Å². The summed E-state index contributed by atoms with van der Waals surface area (Å²) in [4.78, 5) is 13.3. The third-order valence-electron chi connectivity index (χ3n) is 6.04. The number of carbonyl (C=O) groups is 1. The number of carbonyl (C=O) groups excluding carboxylic acids is 1. The molecule has 0 saturated carbocycles. The Balaban J connectivity index is 1.59. The van der Waals surface area contributed by atoms with Gasteiger partial charge < -0.3 is 16.4 Å². The van der Waals surface area contributed by atoms with Crippen LogP contribution in [-0.4, -0.2) is 20.9 Å². The Kier molecular flexibility index (Phi) is 6.76. The number of nitrogens with two attached hydrogens (primary N) is 1. The van der Waals surface area contributed by atoms with Gasteiger partial charge in [0, 0.05) is 22.6 Å². The first kappa shape index (κ1) is 24.3. The third kappa shape index (κ3) is 5.25. The largest absolute Gasteiger partial charge is 0.354 e. The molecule has 0 atom stereocenters. The van der Waals surface area contributed by atoms with Gasteiger partial charge in [-0.3, -0.25) is 9.52 Å². The number of hydrogen-bond acceptors (Lipinski definition) is 5. The number of amides is 1. The molecule has 37 heavy (non-hydrogen) atoms. The van der Waals surface area contributed by atoms with E-state index in [1.807, 2.05) is 60.7 Å². The fraction of sp³-hybridized carbons (Fsp3) is 0.0690. The topological polar surface area (TPSA) is 113 Å². The lowest BCUT2D eigenvalue weighted by molar-refractivity contribution is -0.110. The van der Waals surface area contributed by atoms with E-state index in [0.717, 1.165) is 23.2 Å². The predicted octanol–water partition coefficient (Wildman–Crippen LogP) is 4.92. The van der Waals surface area contributed by atoms with Gasteiger partial charge in [0.05, 0.1) is 16.2 Å². The second-order valence-corrected chi connectivity index (χ2v) is 10.3. The van der Waals surface area contributed by atoms with Crippen LogP contribution in [0.3, 0.4) is 0 Å². The number of fused-ring (bicyclic) bond motifs is 1. The van der Waals surface area contributed by atoms with Crippen molar-refractivity contribution < 1.29 is 13.2 Å². The molecule has 5 rings (SSSR count). The number of hydrogen-bond donors (Lipinski definition) is 4. The molecule has 1 amide bonds. The number of rotatable bonds is 8. The highest BCUT2D eigenvalue weighted by atomic mass is 32.2. The van der Waals surface area contributed by atoms with Crippen molar-refractivity contribution in [3.05, 3.63) is 120 Å². The zero-order valence-corrected chi connectivity index (χ0v) is 20.8. The Morgan fingerprint density at radius 2 is 1.49 bits per heavy atom. The third-order valence-corrected chi connectivity index (χ3v) is 7.42. The van der Waals surface area contributed by atoms with E-state index >= 15 is 0 Å². The second kappa shape index (κ2) is 10.3. The van der Waals surface area contributed by atoms with Gasteiger partial charge in [-0.25, -0.2) is 8.42 Å². The van der Waals surface area contributed by atoms with E-state index in [4.69, 9.17) is 5.73 Å². The molecule has 7 nitrogen and oxygen atoms in total. The summed E-state index contributed by atoms with van der Waals surface area (Å²) in [5, 5.41) is 6.27. The summed E-state index contributed by atoms with van der Waals surface area (Å²) in [7, 11) is -3.88. The van der Waals surface area contributed by atoms with Crippen molar-refractivity contribution in [2.75, 3.05) is 21.9 Å². The van der Waals surface area contributed by atoms with Crippen LogP contribution in [0.5, 0.6) is 0 Å². The molecule has 8 heteroatoms. The van der Waals surface area contributed by atoms with E-state index in [2.05, 4.69) is 15.4 Å². The Morgan fingerprint density at radius 3 is 2.16 bits per heavy atom. The summed E-state index contributed by atoms with van der Waals surface area (Å²) < 4.78 is 28.9. The van der Waals surface area contributed by atoms with Crippen molar-refractivity contribution in [3.63, 3.8) is 0 Å². The standard InChI is InChI=1S/C29H26N4O3S/c30-18-17-20-11-13-22(14-12-20)31-28(21-7-3-1-4-8-21)27-25-19-24(15-16-26(25)32-29(27)34)37(35,36)33-23-9-5-2-6-10-23/h1-16,19,31,33H,17-18,30H2,(H,32,34). The normalized spacial score (nSPS) is 14.0. The van der Waals surface area contributed by atoms with Crippen molar-refractivity contribution >= 4 is 44.3 Å². The Labute approximate surface area is 216 Å². The van der Waals surface area contributed by atoms with Crippen molar-refractivity contribution in [2.24, 2.45) is 5.73 Å². The number of nitrogens with one attached hydrogen (secondary N) is 3. The maximum absolute atomic E-state index is 13.2. The van der Waals surface area contributed by atoms with Crippen LogP contribution < -0.4 is 21.1 Å². The average Bonchev–Trinajstić information content (AvgIpc) is 3.24. The van der Waals surface area contributed by atoms with Crippen LogP contribution in [0.2, 0.25) is 0 Å². The summed E-state index contributed by atoms with van der Waals surface area (Å²) in [6.45, 7) is 0.563. The molecule has 0 saturated heterocycles. The van der Waals surface area contributed by atoms with Gasteiger partial charge in [-0.15, -0.1) is 0 Å². The second-order valence-electron chi connectivity index (χ2n) is 8.61. The van der Waals surface area contributed by atoms with E-state index in [1.165, 1.54) is 12.1 Å². The van der Waals surface area contributed by atoms with E-state index in [9.17, 15) is 13.2 Å². The first-order chi connectivity index (χ1) is 17.9. The molecule has 4 aromatic rings. The highest BCUT2D eigenvalue weighted by Gasteiger charge is 2.30. The number of sulfonamides is 1. The van der Waals surface area contributed by atoms with E-state index in [0.29, 0.717) is 34.8 Å².